The van der Waals surface area contributed by atoms with E-state index in [-0.39, 0.29) is 18.3 Å². The lowest BCUT2D eigenvalue weighted by atomic mass is 10.1. The molecule has 112 valence electrons. The maximum absolute atomic E-state index is 11.9. The molecule has 20 heavy (non-hydrogen) atoms. The van der Waals surface area contributed by atoms with Gasteiger partial charge in [-0.1, -0.05) is 6.07 Å². The van der Waals surface area contributed by atoms with Crippen molar-refractivity contribution in [1.82, 2.24) is 10.2 Å². The van der Waals surface area contributed by atoms with Crippen LogP contribution in [0.3, 0.4) is 0 Å². The molecular formula is C15H23ClN2O2. The predicted octanol–water partition coefficient (Wildman–Crippen LogP) is 1.93. The molecule has 1 saturated heterocycles. The highest BCUT2D eigenvalue weighted by Crippen LogP contribution is 2.16. The van der Waals surface area contributed by atoms with Crippen LogP contribution in [0, 0.1) is 13.8 Å². The smallest absolute Gasteiger partial charge is 0.226 e. The number of aryl methyl sites for hydroxylation is 2. The highest BCUT2D eigenvalue weighted by atomic mass is 35.5. The van der Waals surface area contributed by atoms with Crippen molar-refractivity contribution in [2.75, 3.05) is 32.8 Å². The molecule has 0 atom stereocenters. The van der Waals surface area contributed by atoms with Crippen LogP contribution in [0.2, 0.25) is 0 Å². The van der Waals surface area contributed by atoms with Gasteiger partial charge in [0.15, 0.2) is 0 Å². The molecule has 1 heterocycles. The highest BCUT2D eigenvalue weighted by Gasteiger charge is 2.15. The van der Waals surface area contributed by atoms with E-state index in [1.54, 1.807) is 0 Å². The van der Waals surface area contributed by atoms with Gasteiger partial charge in [-0.2, -0.15) is 0 Å². The topological polar surface area (TPSA) is 41.6 Å². The molecular weight excluding hydrogens is 276 g/mol. The largest absolute Gasteiger partial charge is 0.493 e. The Bertz CT molecular complexity index is 425. The summed E-state index contributed by atoms with van der Waals surface area (Å²) in [7, 11) is 0. The molecule has 5 heteroatoms. The molecule has 0 aliphatic carbocycles. The minimum absolute atomic E-state index is 0. The summed E-state index contributed by atoms with van der Waals surface area (Å²) in [5, 5.41) is 3.24. The number of ether oxygens (including phenoxy) is 1. The first-order valence-electron chi connectivity index (χ1n) is 6.85. The van der Waals surface area contributed by atoms with Gasteiger partial charge in [-0.3, -0.25) is 4.79 Å². The van der Waals surface area contributed by atoms with Crippen molar-refractivity contribution in [2.45, 2.75) is 20.3 Å². The number of carbonyl (C=O) groups is 1. The molecule has 0 bridgehead atoms. The monoisotopic (exact) mass is 298 g/mol. The molecule has 1 aromatic rings. The second kappa shape index (κ2) is 8.12. The van der Waals surface area contributed by atoms with Crippen LogP contribution >= 0.6 is 12.4 Å². The van der Waals surface area contributed by atoms with Crippen molar-refractivity contribution >= 4 is 18.3 Å². The Morgan fingerprint density at radius 3 is 2.40 bits per heavy atom. The molecule has 0 aromatic heterocycles. The van der Waals surface area contributed by atoms with Gasteiger partial charge < -0.3 is 15.0 Å². The van der Waals surface area contributed by atoms with Crippen LogP contribution in [0.1, 0.15) is 17.5 Å². The number of nitrogens with one attached hydrogen (secondary N) is 1. The number of nitrogens with zero attached hydrogens (tertiary/aromatic N) is 1. The van der Waals surface area contributed by atoms with E-state index < -0.39 is 0 Å². The molecule has 0 saturated carbocycles. The van der Waals surface area contributed by atoms with Crippen LogP contribution in [0.5, 0.6) is 5.75 Å². The molecule has 1 aliphatic rings. The number of hydrogen-bond acceptors (Lipinski definition) is 3. The number of amides is 1. The van der Waals surface area contributed by atoms with E-state index >= 15 is 0 Å². The number of carbonyl (C=O) groups excluding carboxylic acids is 1. The molecule has 4 nitrogen and oxygen atoms in total. The van der Waals surface area contributed by atoms with Crippen LogP contribution in [-0.2, 0) is 4.79 Å². The van der Waals surface area contributed by atoms with Crippen LogP contribution in [0.25, 0.3) is 0 Å². The molecule has 1 aliphatic heterocycles. The van der Waals surface area contributed by atoms with E-state index in [2.05, 4.69) is 11.4 Å². The van der Waals surface area contributed by atoms with E-state index in [0.717, 1.165) is 31.9 Å². The molecule has 1 fully saturated rings. The summed E-state index contributed by atoms with van der Waals surface area (Å²) >= 11 is 0. The summed E-state index contributed by atoms with van der Waals surface area (Å²) in [5.41, 5.74) is 2.37. The standard InChI is InChI=1S/C15H22N2O2.ClH/c1-12-9-13(2)11-14(10-12)19-8-3-15(18)17-6-4-16-5-7-17;/h9-11,16H,3-8H2,1-2H3;1H. The van der Waals surface area contributed by atoms with Crippen LogP contribution < -0.4 is 10.1 Å². The van der Waals surface area contributed by atoms with Gasteiger partial charge in [0.05, 0.1) is 13.0 Å². The third-order valence-corrected chi connectivity index (χ3v) is 3.25. The maximum Gasteiger partial charge on any atom is 0.226 e. The average molecular weight is 299 g/mol. The molecule has 0 unspecified atom stereocenters. The van der Waals surface area contributed by atoms with E-state index in [4.69, 9.17) is 4.74 Å². The van der Waals surface area contributed by atoms with Crippen molar-refractivity contribution < 1.29 is 9.53 Å². The van der Waals surface area contributed by atoms with Gasteiger partial charge in [0.2, 0.25) is 5.91 Å². The maximum atomic E-state index is 11.9. The SMILES string of the molecule is Cc1cc(C)cc(OCCC(=O)N2CCNCC2)c1.Cl. The zero-order valence-corrected chi connectivity index (χ0v) is 13.0. The van der Waals surface area contributed by atoms with Crippen LogP contribution in [0.15, 0.2) is 18.2 Å². The Hall–Kier alpha value is -1.26. The van der Waals surface area contributed by atoms with E-state index in [1.165, 1.54) is 11.1 Å². The lowest BCUT2D eigenvalue weighted by Gasteiger charge is -2.27. The third-order valence-electron chi connectivity index (χ3n) is 3.25. The quantitative estimate of drug-likeness (QED) is 0.923. The summed E-state index contributed by atoms with van der Waals surface area (Å²) in [4.78, 5) is 13.8. The van der Waals surface area contributed by atoms with Gasteiger partial charge in [-0.05, 0) is 37.1 Å². The normalized spacial score (nSPS) is 14.6. The van der Waals surface area contributed by atoms with Gasteiger partial charge in [-0.25, -0.2) is 0 Å². The second-order valence-corrected chi connectivity index (χ2v) is 5.05. The van der Waals surface area contributed by atoms with Crippen molar-refractivity contribution in [1.29, 1.82) is 0 Å². The summed E-state index contributed by atoms with van der Waals surface area (Å²) in [6.07, 6.45) is 0.451. The lowest BCUT2D eigenvalue weighted by molar-refractivity contribution is -0.132. The van der Waals surface area contributed by atoms with Crippen molar-refractivity contribution in [3.8, 4) is 5.75 Å². The van der Waals surface area contributed by atoms with Gasteiger partial charge in [0.1, 0.15) is 5.75 Å². The first kappa shape index (κ1) is 16.8. The van der Waals surface area contributed by atoms with Crippen molar-refractivity contribution in [3.63, 3.8) is 0 Å². The Kier molecular flexibility index (Phi) is 6.82. The molecule has 0 spiro atoms. The van der Waals surface area contributed by atoms with E-state index in [9.17, 15) is 4.79 Å². The zero-order valence-electron chi connectivity index (χ0n) is 12.1. The second-order valence-electron chi connectivity index (χ2n) is 5.05. The van der Waals surface area contributed by atoms with Crippen LogP contribution in [0.4, 0.5) is 0 Å². The first-order chi connectivity index (χ1) is 9.15. The molecule has 2 rings (SSSR count). The minimum atomic E-state index is 0. The summed E-state index contributed by atoms with van der Waals surface area (Å²) < 4.78 is 5.67. The van der Waals surface area contributed by atoms with Crippen molar-refractivity contribution in [2.24, 2.45) is 0 Å². The molecule has 1 N–H and O–H groups in total. The number of hydrogen-bond donors (Lipinski definition) is 1. The molecule has 1 aromatic carbocycles. The lowest BCUT2D eigenvalue weighted by Crippen LogP contribution is -2.46. The first-order valence-corrected chi connectivity index (χ1v) is 6.85. The zero-order chi connectivity index (χ0) is 13.7. The van der Waals surface area contributed by atoms with Crippen molar-refractivity contribution in [3.05, 3.63) is 29.3 Å². The number of rotatable bonds is 4. The number of benzene rings is 1. The summed E-state index contributed by atoms with van der Waals surface area (Å²) in [6.45, 7) is 7.95. The van der Waals surface area contributed by atoms with E-state index in [0.29, 0.717) is 13.0 Å². The summed E-state index contributed by atoms with van der Waals surface area (Å²) in [5.74, 6) is 1.04. The van der Waals surface area contributed by atoms with Gasteiger partial charge >= 0.3 is 0 Å². The fourth-order valence-electron chi connectivity index (χ4n) is 2.34. The Balaban J connectivity index is 0.00000200. The average Bonchev–Trinajstić information content (AvgIpc) is 2.38. The third kappa shape index (κ3) is 5.02. The van der Waals surface area contributed by atoms with Gasteiger partial charge in [0.25, 0.3) is 0 Å². The van der Waals surface area contributed by atoms with Gasteiger partial charge in [-0.15, -0.1) is 12.4 Å². The Labute approximate surface area is 126 Å². The predicted molar refractivity (Wildman–Crippen MR) is 82.7 cm³/mol. The molecule has 1 amide bonds. The van der Waals surface area contributed by atoms with Crippen LogP contribution in [-0.4, -0.2) is 43.6 Å². The Morgan fingerprint density at radius 2 is 1.80 bits per heavy atom. The number of piperazine rings is 1. The minimum Gasteiger partial charge on any atom is -0.493 e. The fourth-order valence-corrected chi connectivity index (χ4v) is 2.34. The highest BCUT2D eigenvalue weighted by molar-refractivity contribution is 5.85. The Morgan fingerprint density at radius 1 is 1.20 bits per heavy atom. The van der Waals surface area contributed by atoms with E-state index in [1.807, 2.05) is 30.9 Å². The number of halogens is 1. The molecule has 0 radical (unpaired) electrons. The summed E-state index contributed by atoms with van der Waals surface area (Å²) in [6, 6.07) is 6.11. The van der Waals surface area contributed by atoms with Gasteiger partial charge in [0, 0.05) is 26.2 Å². The fraction of sp³-hybridized carbons (Fsp3) is 0.533.